The van der Waals surface area contributed by atoms with Gasteiger partial charge >= 0.3 is 0 Å². The van der Waals surface area contributed by atoms with Crippen LogP contribution in [0.3, 0.4) is 0 Å². The molecule has 2 heteroatoms. The number of nitrogens with zero attached hydrogens (tertiary/aromatic N) is 1. The highest BCUT2D eigenvalue weighted by Gasteiger charge is 2.16. The minimum absolute atomic E-state index is 0.0174. The van der Waals surface area contributed by atoms with E-state index in [0.29, 0.717) is 5.39 Å². The van der Waals surface area contributed by atoms with E-state index in [1.54, 1.807) is 0 Å². The van der Waals surface area contributed by atoms with Gasteiger partial charge in [-0.15, -0.1) is 0 Å². The molecule has 0 aliphatic heterocycles. The molecule has 0 saturated carbocycles. The first-order valence-electron chi connectivity index (χ1n) is 15.3. The van der Waals surface area contributed by atoms with E-state index in [1.165, 1.54) is 32.3 Å². The summed E-state index contributed by atoms with van der Waals surface area (Å²) in [5, 5.41) is 10.1. The number of para-hydroxylation sites is 1. The van der Waals surface area contributed by atoms with E-state index in [2.05, 4.69) is 115 Å². The monoisotopic (exact) mass is 573 g/mol. The summed E-state index contributed by atoms with van der Waals surface area (Å²) in [5.41, 5.74) is 6.11. The fraction of sp³-hybridized carbons (Fsp3) is 0. The number of hydrogen-bond donors (Lipinski definition) is 0. The van der Waals surface area contributed by atoms with Gasteiger partial charge in [0.25, 0.3) is 5.56 Å². The van der Waals surface area contributed by atoms with Crippen molar-refractivity contribution in [1.82, 2.24) is 4.57 Å². The number of hydrogen-bond acceptors (Lipinski definition) is 1. The van der Waals surface area contributed by atoms with E-state index in [1.807, 2.05) is 53.1 Å². The summed E-state index contributed by atoms with van der Waals surface area (Å²) in [6, 6.07) is 57.3. The highest BCUT2D eigenvalue weighted by Crippen LogP contribution is 2.38. The summed E-state index contributed by atoms with van der Waals surface area (Å²) < 4.78 is 1.89. The van der Waals surface area contributed by atoms with Crippen LogP contribution < -0.4 is 5.56 Å². The Morgan fingerprint density at radius 1 is 0.356 bits per heavy atom. The van der Waals surface area contributed by atoms with Gasteiger partial charge in [-0.1, -0.05) is 121 Å². The molecule has 9 aromatic rings. The molecule has 0 spiro atoms. The lowest BCUT2D eigenvalue weighted by Gasteiger charge is -2.17. The van der Waals surface area contributed by atoms with Crippen molar-refractivity contribution in [3.8, 4) is 27.9 Å². The average Bonchev–Trinajstić information content (AvgIpc) is 3.11. The molecular weight excluding hydrogens is 546 g/mol. The van der Waals surface area contributed by atoms with Crippen LogP contribution in [0, 0.1) is 0 Å². The van der Waals surface area contributed by atoms with Crippen LogP contribution in [0.2, 0.25) is 0 Å². The fourth-order valence-corrected chi connectivity index (χ4v) is 7.01. The minimum atomic E-state index is -0.0174. The Bertz CT molecular complexity index is 2670. The van der Waals surface area contributed by atoms with Crippen molar-refractivity contribution < 1.29 is 0 Å². The first-order chi connectivity index (χ1) is 22.2. The molecule has 0 radical (unpaired) electrons. The molecule has 9 rings (SSSR count). The molecule has 210 valence electrons. The van der Waals surface area contributed by atoms with E-state index in [9.17, 15) is 4.79 Å². The van der Waals surface area contributed by atoms with E-state index in [0.717, 1.165) is 44.2 Å². The maximum Gasteiger partial charge on any atom is 0.263 e. The van der Waals surface area contributed by atoms with Crippen molar-refractivity contribution >= 4 is 54.0 Å². The van der Waals surface area contributed by atoms with Gasteiger partial charge in [-0.05, 0) is 102 Å². The van der Waals surface area contributed by atoms with Crippen molar-refractivity contribution in [2.24, 2.45) is 0 Å². The topological polar surface area (TPSA) is 22.0 Å². The molecule has 0 amide bonds. The zero-order valence-corrected chi connectivity index (χ0v) is 24.4. The van der Waals surface area contributed by atoms with Crippen molar-refractivity contribution in [2.45, 2.75) is 0 Å². The molecular formula is C43H27NO. The van der Waals surface area contributed by atoms with Crippen molar-refractivity contribution in [1.29, 1.82) is 0 Å². The molecule has 0 aliphatic rings. The zero-order chi connectivity index (χ0) is 29.9. The maximum absolute atomic E-state index is 14.3. The van der Waals surface area contributed by atoms with Gasteiger partial charge in [0.1, 0.15) is 0 Å². The van der Waals surface area contributed by atoms with E-state index in [-0.39, 0.29) is 5.56 Å². The summed E-state index contributed by atoms with van der Waals surface area (Å²) >= 11 is 0. The summed E-state index contributed by atoms with van der Waals surface area (Å²) in [6.45, 7) is 0. The summed E-state index contributed by atoms with van der Waals surface area (Å²) in [5.74, 6) is 0. The minimum Gasteiger partial charge on any atom is -0.276 e. The van der Waals surface area contributed by atoms with Gasteiger partial charge in [0.05, 0.1) is 11.2 Å². The molecule has 0 aliphatic carbocycles. The molecule has 8 aromatic carbocycles. The second-order valence-corrected chi connectivity index (χ2v) is 11.7. The van der Waals surface area contributed by atoms with Crippen molar-refractivity contribution in [3.63, 3.8) is 0 Å². The van der Waals surface area contributed by atoms with E-state index >= 15 is 0 Å². The predicted molar refractivity (Wildman–Crippen MR) is 190 cm³/mol. The Kier molecular flexibility index (Phi) is 5.69. The number of rotatable bonds is 3. The second-order valence-electron chi connectivity index (χ2n) is 11.7. The van der Waals surface area contributed by atoms with Gasteiger partial charge in [0.2, 0.25) is 0 Å². The third kappa shape index (κ3) is 4.07. The van der Waals surface area contributed by atoms with Gasteiger partial charge < -0.3 is 0 Å². The van der Waals surface area contributed by atoms with Crippen LogP contribution in [-0.4, -0.2) is 4.57 Å². The quantitative estimate of drug-likeness (QED) is 0.152. The highest BCUT2D eigenvalue weighted by atomic mass is 16.1. The van der Waals surface area contributed by atoms with Gasteiger partial charge in [0.15, 0.2) is 0 Å². The lowest BCUT2D eigenvalue weighted by molar-refractivity contribution is 1.06. The molecule has 0 atom stereocenters. The maximum atomic E-state index is 14.3. The van der Waals surface area contributed by atoms with Crippen molar-refractivity contribution in [3.05, 3.63) is 174 Å². The van der Waals surface area contributed by atoms with Crippen molar-refractivity contribution in [2.75, 3.05) is 0 Å². The SMILES string of the molecule is O=c1c2ccccc2c2ccccc2n1-c1cc(-c2ccccc2)cc(-c2cccc3c2ccc2cc4ccccc4cc23)c1. The second kappa shape index (κ2) is 10.0. The first-order valence-corrected chi connectivity index (χ1v) is 15.3. The van der Waals surface area contributed by atoms with Crippen LogP contribution in [0.25, 0.3) is 81.9 Å². The summed E-state index contributed by atoms with van der Waals surface area (Å²) in [7, 11) is 0. The molecule has 0 unspecified atom stereocenters. The number of benzene rings is 8. The van der Waals surface area contributed by atoms with Gasteiger partial charge in [-0.25, -0.2) is 0 Å². The third-order valence-electron chi connectivity index (χ3n) is 9.13. The summed E-state index contributed by atoms with van der Waals surface area (Å²) in [6.07, 6.45) is 0. The Morgan fingerprint density at radius 2 is 1.00 bits per heavy atom. The fourth-order valence-electron chi connectivity index (χ4n) is 7.01. The molecule has 45 heavy (non-hydrogen) atoms. The predicted octanol–water partition coefficient (Wildman–Crippen LogP) is 10.9. The largest absolute Gasteiger partial charge is 0.276 e. The third-order valence-corrected chi connectivity index (χ3v) is 9.13. The highest BCUT2D eigenvalue weighted by molar-refractivity contribution is 6.15. The van der Waals surface area contributed by atoms with Crippen LogP contribution in [0.1, 0.15) is 0 Å². The van der Waals surface area contributed by atoms with Gasteiger partial charge in [0, 0.05) is 10.8 Å². The molecule has 2 nitrogen and oxygen atoms in total. The van der Waals surface area contributed by atoms with E-state index < -0.39 is 0 Å². The zero-order valence-electron chi connectivity index (χ0n) is 24.4. The van der Waals surface area contributed by atoms with Gasteiger partial charge in [-0.3, -0.25) is 9.36 Å². The first kappa shape index (κ1) is 25.5. The van der Waals surface area contributed by atoms with Crippen LogP contribution in [0.5, 0.6) is 0 Å². The number of aromatic nitrogens is 1. The van der Waals surface area contributed by atoms with Crippen LogP contribution >= 0.6 is 0 Å². The lowest BCUT2D eigenvalue weighted by atomic mass is 9.91. The Morgan fingerprint density at radius 3 is 1.84 bits per heavy atom. The summed E-state index contributed by atoms with van der Waals surface area (Å²) in [4.78, 5) is 14.3. The molecule has 1 heterocycles. The smallest absolute Gasteiger partial charge is 0.263 e. The van der Waals surface area contributed by atoms with Crippen LogP contribution in [0.15, 0.2) is 169 Å². The van der Waals surface area contributed by atoms with Gasteiger partial charge in [-0.2, -0.15) is 0 Å². The average molecular weight is 574 g/mol. The number of pyridine rings is 1. The lowest BCUT2D eigenvalue weighted by Crippen LogP contribution is -2.19. The van der Waals surface area contributed by atoms with Crippen LogP contribution in [0.4, 0.5) is 0 Å². The Labute approximate surface area is 260 Å². The van der Waals surface area contributed by atoms with E-state index in [4.69, 9.17) is 0 Å². The molecule has 0 fully saturated rings. The normalized spacial score (nSPS) is 11.6. The Hall–Kier alpha value is -5.99. The molecule has 0 saturated heterocycles. The van der Waals surface area contributed by atoms with Crippen LogP contribution in [-0.2, 0) is 0 Å². The molecule has 0 bridgehead atoms. The standard InChI is InChI=1S/C43H27NO/c45-43-40-17-7-6-15-37(40)39-16-8-9-20-42(39)44(43)34-25-32(28-11-2-1-3-12-28)24-33(26-34)35-18-10-19-36-38(35)22-21-31-23-29-13-4-5-14-30(29)27-41(31)36/h1-27H. The Balaban J connectivity index is 1.36. The number of fused-ring (bicyclic) bond motifs is 7. The molecule has 1 aromatic heterocycles. The molecule has 0 N–H and O–H groups in total.